The first-order valence-corrected chi connectivity index (χ1v) is 6.34. The summed E-state index contributed by atoms with van der Waals surface area (Å²) in [6, 6.07) is 4.01. The molecule has 0 spiro atoms. The zero-order chi connectivity index (χ0) is 13.8. The van der Waals surface area contributed by atoms with Gasteiger partial charge in [-0.1, -0.05) is 5.16 Å². The van der Waals surface area contributed by atoms with Gasteiger partial charge in [0, 0.05) is 6.42 Å². The molecule has 0 saturated carbocycles. The van der Waals surface area contributed by atoms with Gasteiger partial charge in [0.25, 0.3) is 0 Å². The maximum absolute atomic E-state index is 5.47. The molecule has 5 heteroatoms. The van der Waals surface area contributed by atoms with E-state index in [-0.39, 0.29) is 0 Å². The second-order valence-electron chi connectivity index (χ2n) is 4.54. The summed E-state index contributed by atoms with van der Waals surface area (Å²) < 4.78 is 10.6. The zero-order valence-corrected chi connectivity index (χ0v) is 11.6. The largest absolute Gasteiger partial charge is 0.496 e. The van der Waals surface area contributed by atoms with Crippen molar-refractivity contribution in [2.24, 2.45) is 5.73 Å². The number of aromatic nitrogens is 2. The molecule has 0 aliphatic carbocycles. The lowest BCUT2D eigenvalue weighted by molar-refractivity contribution is 0.376. The van der Waals surface area contributed by atoms with Gasteiger partial charge in [0.05, 0.1) is 12.7 Å². The Hall–Kier alpha value is -1.88. The Balaban J connectivity index is 2.35. The first kappa shape index (κ1) is 13.5. The minimum absolute atomic E-state index is 0.562. The van der Waals surface area contributed by atoms with Crippen molar-refractivity contribution in [3.8, 4) is 17.1 Å². The molecular formula is C14H19N3O2. The van der Waals surface area contributed by atoms with Crippen molar-refractivity contribution < 1.29 is 9.26 Å². The normalized spacial score (nSPS) is 10.7. The van der Waals surface area contributed by atoms with Crippen LogP contribution in [0.1, 0.15) is 23.4 Å². The molecule has 2 rings (SSSR count). The average molecular weight is 261 g/mol. The van der Waals surface area contributed by atoms with Crippen LogP contribution in [0.25, 0.3) is 11.4 Å². The summed E-state index contributed by atoms with van der Waals surface area (Å²) in [4.78, 5) is 4.38. The van der Waals surface area contributed by atoms with E-state index in [1.807, 2.05) is 26.0 Å². The quantitative estimate of drug-likeness (QED) is 0.893. The lowest BCUT2D eigenvalue weighted by atomic mass is 10.0. The molecule has 2 aromatic rings. The van der Waals surface area contributed by atoms with Crippen LogP contribution in [0.4, 0.5) is 0 Å². The van der Waals surface area contributed by atoms with E-state index < -0.39 is 0 Å². The van der Waals surface area contributed by atoms with Gasteiger partial charge in [0.2, 0.25) is 11.7 Å². The second-order valence-corrected chi connectivity index (χ2v) is 4.54. The third-order valence-electron chi connectivity index (χ3n) is 3.12. The number of nitrogens with zero attached hydrogens (tertiary/aromatic N) is 2. The highest BCUT2D eigenvalue weighted by Crippen LogP contribution is 2.30. The topological polar surface area (TPSA) is 74.2 Å². The van der Waals surface area contributed by atoms with Crippen LogP contribution in [0.3, 0.4) is 0 Å². The van der Waals surface area contributed by atoms with Gasteiger partial charge < -0.3 is 15.0 Å². The minimum atomic E-state index is 0.562. The fraction of sp³-hybridized carbons (Fsp3) is 0.429. The minimum Gasteiger partial charge on any atom is -0.496 e. The molecule has 0 fully saturated rings. The maximum Gasteiger partial charge on any atom is 0.227 e. The van der Waals surface area contributed by atoms with E-state index in [0.717, 1.165) is 17.7 Å². The van der Waals surface area contributed by atoms with E-state index in [1.165, 1.54) is 11.1 Å². The Morgan fingerprint density at radius 2 is 2.00 bits per heavy atom. The predicted octanol–water partition coefficient (Wildman–Crippen LogP) is 2.25. The van der Waals surface area contributed by atoms with Gasteiger partial charge in [-0.3, -0.25) is 0 Å². The zero-order valence-electron chi connectivity index (χ0n) is 11.6. The third kappa shape index (κ3) is 2.93. The summed E-state index contributed by atoms with van der Waals surface area (Å²) in [5.74, 6) is 1.93. The van der Waals surface area contributed by atoms with Crippen LogP contribution in [0.15, 0.2) is 16.7 Å². The maximum atomic E-state index is 5.47. The van der Waals surface area contributed by atoms with Crippen LogP contribution in [0.2, 0.25) is 0 Å². The van der Waals surface area contributed by atoms with E-state index in [4.69, 9.17) is 15.0 Å². The molecule has 1 aromatic heterocycles. The average Bonchev–Trinajstić information content (AvgIpc) is 2.87. The highest BCUT2D eigenvalue weighted by atomic mass is 16.5. The van der Waals surface area contributed by atoms with Crippen LogP contribution in [-0.4, -0.2) is 23.8 Å². The van der Waals surface area contributed by atoms with Gasteiger partial charge >= 0.3 is 0 Å². The highest BCUT2D eigenvalue weighted by molar-refractivity contribution is 5.66. The van der Waals surface area contributed by atoms with Gasteiger partial charge in [-0.05, 0) is 50.1 Å². The Labute approximate surface area is 112 Å². The van der Waals surface area contributed by atoms with Crippen molar-refractivity contribution in [2.45, 2.75) is 26.7 Å². The molecular weight excluding hydrogens is 242 g/mol. The molecule has 2 N–H and O–H groups in total. The second kappa shape index (κ2) is 5.84. The third-order valence-corrected chi connectivity index (χ3v) is 3.12. The van der Waals surface area contributed by atoms with Gasteiger partial charge in [0.1, 0.15) is 5.75 Å². The predicted molar refractivity (Wildman–Crippen MR) is 73.1 cm³/mol. The molecule has 0 atom stereocenters. The highest BCUT2D eigenvalue weighted by Gasteiger charge is 2.14. The van der Waals surface area contributed by atoms with Gasteiger partial charge in [-0.2, -0.15) is 4.98 Å². The smallest absolute Gasteiger partial charge is 0.227 e. The standard InChI is InChI=1S/C14H19N3O2/c1-9-7-11(12(18-3)8-10(9)2)14-16-13(19-17-14)5-4-6-15/h7-8H,4-6,15H2,1-3H3. The van der Waals surface area contributed by atoms with Crippen molar-refractivity contribution in [2.75, 3.05) is 13.7 Å². The number of hydrogen-bond acceptors (Lipinski definition) is 5. The van der Waals surface area contributed by atoms with Crippen LogP contribution in [0.5, 0.6) is 5.75 Å². The molecule has 102 valence electrons. The molecule has 0 saturated heterocycles. The number of ether oxygens (including phenoxy) is 1. The van der Waals surface area contributed by atoms with Crippen LogP contribution in [-0.2, 0) is 6.42 Å². The number of aryl methyl sites for hydroxylation is 3. The van der Waals surface area contributed by atoms with Gasteiger partial charge in [0.15, 0.2) is 0 Å². The molecule has 0 amide bonds. The number of methoxy groups -OCH3 is 1. The fourth-order valence-electron chi connectivity index (χ4n) is 1.85. The van der Waals surface area contributed by atoms with E-state index >= 15 is 0 Å². The van der Waals surface area contributed by atoms with Crippen LogP contribution in [0, 0.1) is 13.8 Å². The fourth-order valence-corrected chi connectivity index (χ4v) is 1.85. The van der Waals surface area contributed by atoms with Crippen molar-refractivity contribution in [1.29, 1.82) is 0 Å². The van der Waals surface area contributed by atoms with Crippen LogP contribution >= 0.6 is 0 Å². The molecule has 0 unspecified atom stereocenters. The first-order chi connectivity index (χ1) is 9.15. The number of nitrogens with two attached hydrogens (primary N) is 1. The van der Waals surface area contributed by atoms with Crippen molar-refractivity contribution >= 4 is 0 Å². The molecule has 19 heavy (non-hydrogen) atoms. The number of hydrogen-bond donors (Lipinski definition) is 1. The lowest BCUT2D eigenvalue weighted by Crippen LogP contribution is -2.00. The molecule has 0 aliphatic rings. The molecule has 0 bridgehead atoms. The van der Waals surface area contributed by atoms with E-state index in [9.17, 15) is 0 Å². The Morgan fingerprint density at radius 1 is 1.26 bits per heavy atom. The van der Waals surface area contributed by atoms with Crippen LogP contribution < -0.4 is 10.5 Å². The van der Waals surface area contributed by atoms with Gasteiger partial charge in [-0.25, -0.2) is 0 Å². The van der Waals surface area contributed by atoms with E-state index in [2.05, 4.69) is 10.1 Å². The number of rotatable bonds is 5. The SMILES string of the molecule is COc1cc(C)c(C)cc1-c1noc(CCCN)n1. The Morgan fingerprint density at radius 3 is 2.68 bits per heavy atom. The molecule has 0 radical (unpaired) electrons. The Bertz CT molecular complexity index is 564. The molecule has 1 aromatic carbocycles. The summed E-state index contributed by atoms with van der Waals surface area (Å²) in [5, 5.41) is 4.01. The van der Waals surface area contributed by atoms with Crippen molar-refractivity contribution in [1.82, 2.24) is 10.1 Å². The van der Waals surface area contributed by atoms with Gasteiger partial charge in [-0.15, -0.1) is 0 Å². The van der Waals surface area contributed by atoms with E-state index in [1.54, 1.807) is 7.11 Å². The summed E-state index contributed by atoms with van der Waals surface area (Å²) in [5.41, 5.74) is 8.67. The lowest BCUT2D eigenvalue weighted by Gasteiger charge is -2.08. The monoisotopic (exact) mass is 261 g/mol. The molecule has 0 aliphatic heterocycles. The molecule has 1 heterocycles. The summed E-state index contributed by atoms with van der Waals surface area (Å²) >= 11 is 0. The van der Waals surface area contributed by atoms with E-state index in [0.29, 0.717) is 24.7 Å². The molecule has 5 nitrogen and oxygen atoms in total. The van der Waals surface area contributed by atoms with Crippen molar-refractivity contribution in [3.05, 3.63) is 29.2 Å². The summed E-state index contributed by atoms with van der Waals surface area (Å²) in [6.45, 7) is 4.71. The summed E-state index contributed by atoms with van der Waals surface area (Å²) in [7, 11) is 1.64. The number of benzene rings is 1. The summed E-state index contributed by atoms with van der Waals surface area (Å²) in [6.07, 6.45) is 1.54. The first-order valence-electron chi connectivity index (χ1n) is 6.34. The Kier molecular flexibility index (Phi) is 4.16. The van der Waals surface area contributed by atoms with Crippen molar-refractivity contribution in [3.63, 3.8) is 0 Å².